The van der Waals surface area contributed by atoms with Crippen LogP contribution in [0.3, 0.4) is 0 Å². The van der Waals surface area contributed by atoms with Crippen LogP contribution in [0.4, 0.5) is 5.82 Å². The Labute approximate surface area is 162 Å². The number of H-pyrrole nitrogens is 1. The van der Waals surface area contributed by atoms with Crippen LogP contribution in [-0.2, 0) is 11.2 Å². The standard InChI is InChI=1S/C22H21N5O/c28-21(13-16-14-23-19-7-3-1-5-17(16)19)26-9-11-27(12-10-26)22-18-6-2-4-8-20(18)24-15-25-22/h1-8,14-15,23H,9-13H2. The maximum atomic E-state index is 12.8. The molecule has 0 atom stereocenters. The highest BCUT2D eigenvalue weighted by molar-refractivity contribution is 5.90. The van der Waals surface area contributed by atoms with Gasteiger partial charge in [-0.2, -0.15) is 0 Å². The molecule has 6 heteroatoms. The van der Waals surface area contributed by atoms with Gasteiger partial charge in [-0.1, -0.05) is 30.3 Å². The molecule has 0 unspecified atom stereocenters. The van der Waals surface area contributed by atoms with Gasteiger partial charge in [0.2, 0.25) is 5.91 Å². The lowest BCUT2D eigenvalue weighted by atomic mass is 10.1. The van der Waals surface area contributed by atoms with Gasteiger partial charge in [0.05, 0.1) is 11.9 Å². The zero-order valence-corrected chi connectivity index (χ0v) is 15.5. The minimum Gasteiger partial charge on any atom is -0.361 e. The average Bonchev–Trinajstić information content (AvgIpc) is 3.16. The summed E-state index contributed by atoms with van der Waals surface area (Å²) >= 11 is 0. The second-order valence-electron chi connectivity index (χ2n) is 7.12. The Balaban J connectivity index is 1.28. The Morgan fingerprint density at radius 2 is 1.68 bits per heavy atom. The number of hydrogen-bond donors (Lipinski definition) is 1. The molecule has 1 N–H and O–H groups in total. The highest BCUT2D eigenvalue weighted by Gasteiger charge is 2.23. The first-order valence-electron chi connectivity index (χ1n) is 9.57. The number of benzene rings is 2. The molecule has 28 heavy (non-hydrogen) atoms. The van der Waals surface area contributed by atoms with Crippen LogP contribution < -0.4 is 4.90 Å². The maximum absolute atomic E-state index is 12.8. The fourth-order valence-electron chi connectivity index (χ4n) is 3.96. The molecule has 2 aromatic heterocycles. The Bertz CT molecular complexity index is 1140. The lowest BCUT2D eigenvalue weighted by molar-refractivity contribution is -0.130. The summed E-state index contributed by atoms with van der Waals surface area (Å²) in [6, 6.07) is 16.2. The number of aromatic nitrogens is 3. The number of anilines is 1. The van der Waals surface area contributed by atoms with E-state index >= 15 is 0 Å². The molecule has 0 radical (unpaired) electrons. The molecule has 1 fully saturated rings. The summed E-state index contributed by atoms with van der Waals surface area (Å²) in [7, 11) is 0. The molecule has 0 bridgehead atoms. The molecule has 2 aromatic carbocycles. The molecule has 0 aliphatic carbocycles. The van der Waals surface area contributed by atoms with E-state index in [1.54, 1.807) is 6.33 Å². The first-order chi connectivity index (χ1) is 13.8. The van der Waals surface area contributed by atoms with Gasteiger partial charge in [-0.3, -0.25) is 4.79 Å². The third-order valence-electron chi connectivity index (χ3n) is 5.47. The number of carbonyl (C=O) groups is 1. The van der Waals surface area contributed by atoms with Gasteiger partial charge in [0.25, 0.3) is 0 Å². The van der Waals surface area contributed by atoms with E-state index in [4.69, 9.17) is 0 Å². The summed E-state index contributed by atoms with van der Waals surface area (Å²) in [5.41, 5.74) is 3.08. The van der Waals surface area contributed by atoms with Crippen LogP contribution in [0, 0.1) is 0 Å². The van der Waals surface area contributed by atoms with Crippen molar-refractivity contribution in [1.29, 1.82) is 0 Å². The second-order valence-corrected chi connectivity index (χ2v) is 7.12. The molecule has 1 aliphatic heterocycles. The van der Waals surface area contributed by atoms with Crippen molar-refractivity contribution in [2.45, 2.75) is 6.42 Å². The molecule has 1 saturated heterocycles. The van der Waals surface area contributed by atoms with E-state index < -0.39 is 0 Å². The predicted molar refractivity (Wildman–Crippen MR) is 110 cm³/mol. The third kappa shape index (κ3) is 2.97. The molecule has 140 valence electrons. The number of carbonyl (C=O) groups excluding carboxylic acids is 1. The smallest absolute Gasteiger partial charge is 0.227 e. The molecule has 1 aliphatic rings. The minimum absolute atomic E-state index is 0.178. The van der Waals surface area contributed by atoms with E-state index in [1.807, 2.05) is 47.5 Å². The summed E-state index contributed by atoms with van der Waals surface area (Å²) in [5.74, 6) is 1.13. The van der Waals surface area contributed by atoms with E-state index in [-0.39, 0.29) is 5.91 Å². The van der Waals surface area contributed by atoms with Crippen molar-refractivity contribution in [2.75, 3.05) is 31.1 Å². The summed E-state index contributed by atoms with van der Waals surface area (Å²) in [6.07, 6.45) is 4.00. The highest BCUT2D eigenvalue weighted by Crippen LogP contribution is 2.24. The number of nitrogens with zero attached hydrogens (tertiary/aromatic N) is 4. The molecule has 3 heterocycles. The molecule has 1 amide bonds. The van der Waals surface area contributed by atoms with Crippen LogP contribution in [-0.4, -0.2) is 51.9 Å². The van der Waals surface area contributed by atoms with Crippen molar-refractivity contribution in [3.8, 4) is 0 Å². The fraction of sp³-hybridized carbons (Fsp3) is 0.227. The molecule has 5 rings (SSSR count). The van der Waals surface area contributed by atoms with Crippen LogP contribution in [0.2, 0.25) is 0 Å². The SMILES string of the molecule is O=C(Cc1c[nH]c2ccccc12)N1CCN(c2ncnc3ccccc23)CC1. The van der Waals surface area contributed by atoms with Crippen molar-refractivity contribution in [2.24, 2.45) is 0 Å². The highest BCUT2D eigenvalue weighted by atomic mass is 16.2. The zero-order chi connectivity index (χ0) is 18.9. The van der Waals surface area contributed by atoms with E-state index in [0.717, 1.165) is 46.3 Å². The number of aromatic amines is 1. The molecule has 4 aromatic rings. The van der Waals surface area contributed by atoms with Gasteiger partial charge in [0, 0.05) is 48.7 Å². The number of rotatable bonds is 3. The van der Waals surface area contributed by atoms with E-state index in [9.17, 15) is 4.79 Å². The Kier molecular flexibility index (Phi) is 4.16. The Morgan fingerprint density at radius 3 is 2.54 bits per heavy atom. The van der Waals surface area contributed by atoms with E-state index in [1.165, 1.54) is 0 Å². The number of hydrogen-bond acceptors (Lipinski definition) is 4. The van der Waals surface area contributed by atoms with Crippen LogP contribution in [0.5, 0.6) is 0 Å². The van der Waals surface area contributed by atoms with E-state index in [2.05, 4.69) is 32.0 Å². The van der Waals surface area contributed by atoms with Crippen LogP contribution >= 0.6 is 0 Å². The minimum atomic E-state index is 0.178. The van der Waals surface area contributed by atoms with Gasteiger partial charge in [-0.15, -0.1) is 0 Å². The Hall–Kier alpha value is -3.41. The molecule has 0 saturated carbocycles. The number of fused-ring (bicyclic) bond motifs is 2. The van der Waals surface area contributed by atoms with E-state index in [0.29, 0.717) is 19.5 Å². The third-order valence-corrected chi connectivity index (χ3v) is 5.47. The lowest BCUT2D eigenvalue weighted by Crippen LogP contribution is -2.49. The van der Waals surface area contributed by atoms with Gasteiger partial charge >= 0.3 is 0 Å². The maximum Gasteiger partial charge on any atom is 0.227 e. The summed E-state index contributed by atoms with van der Waals surface area (Å²) in [6.45, 7) is 2.97. The van der Waals surface area contributed by atoms with Crippen molar-refractivity contribution >= 4 is 33.5 Å². The van der Waals surface area contributed by atoms with Crippen LogP contribution in [0.25, 0.3) is 21.8 Å². The fourth-order valence-corrected chi connectivity index (χ4v) is 3.96. The largest absolute Gasteiger partial charge is 0.361 e. The molecule has 0 spiro atoms. The van der Waals surface area contributed by atoms with Crippen molar-refractivity contribution in [3.05, 3.63) is 66.6 Å². The van der Waals surface area contributed by atoms with Gasteiger partial charge in [0.1, 0.15) is 12.1 Å². The number of piperazine rings is 1. The van der Waals surface area contributed by atoms with Crippen molar-refractivity contribution in [1.82, 2.24) is 19.9 Å². The number of nitrogens with one attached hydrogen (secondary N) is 1. The van der Waals surface area contributed by atoms with Gasteiger partial charge in [0.15, 0.2) is 0 Å². The number of para-hydroxylation sites is 2. The topological polar surface area (TPSA) is 65.1 Å². The summed E-state index contributed by atoms with van der Waals surface area (Å²) in [4.78, 5) is 29.1. The normalized spacial score (nSPS) is 14.7. The summed E-state index contributed by atoms with van der Waals surface area (Å²) in [5, 5.41) is 2.19. The first-order valence-corrected chi connectivity index (χ1v) is 9.57. The first kappa shape index (κ1) is 16.7. The summed E-state index contributed by atoms with van der Waals surface area (Å²) < 4.78 is 0. The van der Waals surface area contributed by atoms with Crippen LogP contribution in [0.15, 0.2) is 61.1 Å². The zero-order valence-electron chi connectivity index (χ0n) is 15.5. The molecular formula is C22H21N5O. The molecular weight excluding hydrogens is 350 g/mol. The molecule has 6 nitrogen and oxygen atoms in total. The average molecular weight is 371 g/mol. The van der Waals surface area contributed by atoms with Gasteiger partial charge in [-0.05, 0) is 23.8 Å². The van der Waals surface area contributed by atoms with Gasteiger partial charge in [-0.25, -0.2) is 9.97 Å². The Morgan fingerprint density at radius 1 is 0.929 bits per heavy atom. The van der Waals surface area contributed by atoms with Crippen LogP contribution in [0.1, 0.15) is 5.56 Å². The van der Waals surface area contributed by atoms with Crippen molar-refractivity contribution < 1.29 is 4.79 Å². The van der Waals surface area contributed by atoms with Crippen molar-refractivity contribution in [3.63, 3.8) is 0 Å². The van der Waals surface area contributed by atoms with Gasteiger partial charge < -0.3 is 14.8 Å². The second kappa shape index (κ2) is 6.96. The predicted octanol–water partition coefficient (Wildman–Crippen LogP) is 3.00. The monoisotopic (exact) mass is 371 g/mol. The number of amides is 1. The quantitative estimate of drug-likeness (QED) is 0.601. The lowest BCUT2D eigenvalue weighted by Gasteiger charge is -2.35.